The maximum atomic E-state index is 12.4. The largest absolute Gasteiger partial charge is 0.477 e. The molecule has 124 valence electrons. The van der Waals surface area contributed by atoms with Crippen molar-refractivity contribution in [2.24, 2.45) is 13.0 Å². The average Bonchev–Trinajstić information content (AvgIpc) is 3.24. The summed E-state index contributed by atoms with van der Waals surface area (Å²) < 4.78 is 7.25. The number of aromatic amines is 1. The number of nitrogens with zero attached hydrogens (tertiary/aromatic N) is 4. The third-order valence-electron chi connectivity index (χ3n) is 4.12. The molecule has 3 aromatic heterocycles. The van der Waals surface area contributed by atoms with Crippen LogP contribution in [-0.2, 0) is 7.05 Å². The Morgan fingerprint density at radius 2 is 2.29 bits per heavy atom. The lowest BCUT2D eigenvalue weighted by Gasteiger charge is -2.06. The summed E-state index contributed by atoms with van der Waals surface area (Å²) in [6, 6.07) is 3.42. The first-order chi connectivity index (χ1) is 11.6. The molecule has 2 N–H and O–H groups in total. The van der Waals surface area contributed by atoms with Gasteiger partial charge in [-0.1, -0.05) is 0 Å². The maximum Gasteiger partial charge on any atom is 0.258 e. The normalized spacial score (nSPS) is 14.1. The van der Waals surface area contributed by atoms with E-state index in [1.54, 1.807) is 16.8 Å². The number of aromatic nitrogens is 5. The van der Waals surface area contributed by atoms with Crippen LogP contribution >= 0.6 is 0 Å². The first-order valence-corrected chi connectivity index (χ1v) is 7.89. The molecule has 0 radical (unpaired) electrons. The van der Waals surface area contributed by atoms with Crippen LogP contribution in [0.3, 0.4) is 0 Å². The van der Waals surface area contributed by atoms with Gasteiger partial charge >= 0.3 is 0 Å². The van der Waals surface area contributed by atoms with E-state index in [0.29, 0.717) is 35.4 Å². The minimum absolute atomic E-state index is 0.259. The monoisotopic (exact) mass is 326 g/mol. The van der Waals surface area contributed by atoms with Crippen LogP contribution in [0.4, 0.5) is 5.82 Å². The number of H-pyrrole nitrogens is 1. The number of amides is 1. The van der Waals surface area contributed by atoms with Gasteiger partial charge in [0.1, 0.15) is 5.82 Å². The Bertz CT molecular complexity index is 891. The van der Waals surface area contributed by atoms with E-state index in [4.69, 9.17) is 4.74 Å². The lowest BCUT2D eigenvalue weighted by atomic mass is 10.2. The molecule has 1 aliphatic rings. The summed E-state index contributed by atoms with van der Waals surface area (Å²) in [6.07, 6.45) is 3.97. The highest BCUT2D eigenvalue weighted by Crippen LogP contribution is 2.29. The van der Waals surface area contributed by atoms with Gasteiger partial charge in [0.15, 0.2) is 5.65 Å². The van der Waals surface area contributed by atoms with E-state index < -0.39 is 0 Å². The fourth-order valence-electron chi connectivity index (χ4n) is 2.60. The SMILES string of the molecule is Cc1nn(C)c2n[nH]c(NC(=O)c3ccc(OCC4CC4)nc3)c12. The van der Waals surface area contributed by atoms with Crippen LogP contribution < -0.4 is 10.1 Å². The predicted molar refractivity (Wildman–Crippen MR) is 88.0 cm³/mol. The van der Waals surface area contributed by atoms with Gasteiger partial charge in [-0.05, 0) is 31.7 Å². The number of hydrogen-bond acceptors (Lipinski definition) is 5. The summed E-state index contributed by atoms with van der Waals surface area (Å²) >= 11 is 0. The molecule has 0 atom stereocenters. The first kappa shape index (κ1) is 14.7. The standard InChI is InChI=1S/C16H18N6O2/c1-9-13-14(19-20-15(13)22(2)21-9)18-16(23)11-5-6-12(17-7-11)24-8-10-3-4-10/h5-7,10H,3-4,8H2,1-2H3,(H2,18,19,20,23). The highest BCUT2D eigenvalue weighted by Gasteiger charge is 2.22. The molecule has 1 saturated carbocycles. The third kappa shape index (κ3) is 2.70. The number of carbonyl (C=O) groups is 1. The van der Waals surface area contributed by atoms with Crippen molar-refractivity contribution in [3.8, 4) is 5.88 Å². The molecule has 3 heterocycles. The summed E-state index contributed by atoms with van der Waals surface area (Å²) in [6.45, 7) is 2.58. The Hall–Kier alpha value is -2.90. The number of pyridine rings is 1. The quantitative estimate of drug-likeness (QED) is 0.748. The molecule has 3 aromatic rings. The van der Waals surface area contributed by atoms with Crippen molar-refractivity contribution in [1.29, 1.82) is 0 Å². The van der Waals surface area contributed by atoms with E-state index in [0.717, 1.165) is 11.1 Å². The van der Waals surface area contributed by atoms with Crippen molar-refractivity contribution in [1.82, 2.24) is 25.0 Å². The van der Waals surface area contributed by atoms with Crippen LogP contribution in [0.1, 0.15) is 28.9 Å². The van der Waals surface area contributed by atoms with E-state index in [-0.39, 0.29) is 5.91 Å². The number of hydrogen-bond donors (Lipinski definition) is 2. The van der Waals surface area contributed by atoms with Gasteiger partial charge < -0.3 is 10.1 Å². The summed E-state index contributed by atoms with van der Waals surface area (Å²) in [5.41, 5.74) is 1.96. The van der Waals surface area contributed by atoms with Crippen LogP contribution in [0.25, 0.3) is 11.0 Å². The Kier molecular flexibility index (Phi) is 3.44. The summed E-state index contributed by atoms with van der Waals surface area (Å²) in [5.74, 6) is 1.49. The molecule has 0 spiro atoms. The zero-order valence-electron chi connectivity index (χ0n) is 13.5. The lowest BCUT2D eigenvalue weighted by Crippen LogP contribution is -2.13. The Labute approximate surface area is 138 Å². The second-order valence-electron chi connectivity index (χ2n) is 6.10. The summed E-state index contributed by atoms with van der Waals surface area (Å²) in [7, 11) is 1.81. The first-order valence-electron chi connectivity index (χ1n) is 7.89. The van der Waals surface area contributed by atoms with Crippen LogP contribution in [0, 0.1) is 12.8 Å². The number of carbonyl (C=O) groups excluding carboxylic acids is 1. The van der Waals surface area contributed by atoms with E-state index in [2.05, 4.69) is 25.6 Å². The number of nitrogens with one attached hydrogen (secondary N) is 2. The van der Waals surface area contributed by atoms with Crippen molar-refractivity contribution in [2.45, 2.75) is 19.8 Å². The molecule has 0 unspecified atom stereocenters. The number of rotatable bonds is 5. The van der Waals surface area contributed by atoms with Crippen molar-refractivity contribution in [2.75, 3.05) is 11.9 Å². The second-order valence-corrected chi connectivity index (χ2v) is 6.10. The van der Waals surface area contributed by atoms with Crippen molar-refractivity contribution >= 4 is 22.8 Å². The molecular weight excluding hydrogens is 308 g/mol. The Morgan fingerprint density at radius 3 is 3.00 bits per heavy atom. The number of aryl methyl sites for hydroxylation is 2. The molecule has 8 heteroatoms. The van der Waals surface area contributed by atoms with Crippen LogP contribution in [0.15, 0.2) is 18.3 Å². The van der Waals surface area contributed by atoms with Gasteiger partial charge in [-0.2, -0.15) is 10.2 Å². The molecule has 1 aliphatic carbocycles. The highest BCUT2D eigenvalue weighted by molar-refractivity contribution is 6.07. The molecule has 0 bridgehead atoms. The lowest BCUT2D eigenvalue weighted by molar-refractivity contribution is 0.102. The number of fused-ring (bicyclic) bond motifs is 1. The van der Waals surface area contributed by atoms with E-state index >= 15 is 0 Å². The van der Waals surface area contributed by atoms with Crippen molar-refractivity contribution in [3.63, 3.8) is 0 Å². The number of ether oxygens (including phenoxy) is 1. The topological polar surface area (TPSA) is 97.7 Å². The van der Waals surface area contributed by atoms with Gasteiger partial charge in [-0.15, -0.1) is 0 Å². The molecular formula is C16H18N6O2. The molecule has 0 saturated heterocycles. The van der Waals surface area contributed by atoms with Gasteiger partial charge in [0.25, 0.3) is 5.91 Å². The van der Waals surface area contributed by atoms with Gasteiger partial charge in [0.05, 0.1) is 23.3 Å². The van der Waals surface area contributed by atoms with Crippen LogP contribution in [0.2, 0.25) is 0 Å². The summed E-state index contributed by atoms with van der Waals surface area (Å²) in [4.78, 5) is 16.6. The van der Waals surface area contributed by atoms with Gasteiger partial charge in [-0.25, -0.2) is 9.67 Å². The molecule has 0 aliphatic heterocycles. The zero-order valence-corrected chi connectivity index (χ0v) is 13.5. The molecule has 8 nitrogen and oxygen atoms in total. The Balaban J connectivity index is 1.48. The second kappa shape index (κ2) is 5.63. The molecule has 0 aromatic carbocycles. The average molecular weight is 326 g/mol. The van der Waals surface area contributed by atoms with Crippen molar-refractivity contribution in [3.05, 3.63) is 29.6 Å². The fraction of sp³-hybridized carbons (Fsp3) is 0.375. The minimum atomic E-state index is -0.259. The maximum absolute atomic E-state index is 12.4. The van der Waals surface area contributed by atoms with Gasteiger partial charge in [0.2, 0.25) is 5.88 Å². The predicted octanol–water partition coefficient (Wildman–Crippen LogP) is 2.04. The van der Waals surface area contributed by atoms with Gasteiger partial charge in [-0.3, -0.25) is 9.89 Å². The Morgan fingerprint density at radius 1 is 1.46 bits per heavy atom. The number of anilines is 1. The van der Waals surface area contributed by atoms with Crippen LogP contribution in [-0.4, -0.2) is 37.5 Å². The third-order valence-corrected chi connectivity index (χ3v) is 4.12. The van der Waals surface area contributed by atoms with E-state index in [1.807, 2.05) is 14.0 Å². The van der Waals surface area contributed by atoms with E-state index in [9.17, 15) is 4.79 Å². The van der Waals surface area contributed by atoms with E-state index in [1.165, 1.54) is 19.0 Å². The van der Waals surface area contributed by atoms with Gasteiger partial charge in [0, 0.05) is 19.3 Å². The molecule has 4 rings (SSSR count). The fourth-order valence-corrected chi connectivity index (χ4v) is 2.60. The highest BCUT2D eigenvalue weighted by atomic mass is 16.5. The zero-order chi connectivity index (χ0) is 16.7. The minimum Gasteiger partial charge on any atom is -0.477 e. The molecule has 1 amide bonds. The summed E-state index contributed by atoms with van der Waals surface area (Å²) in [5, 5.41) is 14.9. The molecule has 1 fully saturated rings. The molecule has 24 heavy (non-hydrogen) atoms. The van der Waals surface area contributed by atoms with Crippen LogP contribution in [0.5, 0.6) is 5.88 Å². The van der Waals surface area contributed by atoms with Crippen molar-refractivity contribution < 1.29 is 9.53 Å². The smallest absolute Gasteiger partial charge is 0.258 e.